The topological polar surface area (TPSA) is 103 Å². The molecule has 33 heavy (non-hydrogen) atoms. The molecule has 8 nitrogen and oxygen atoms in total. The highest BCUT2D eigenvalue weighted by Gasteiger charge is 2.16. The summed E-state index contributed by atoms with van der Waals surface area (Å²) in [6.07, 6.45) is 0. The maximum atomic E-state index is 12.6. The van der Waals surface area contributed by atoms with E-state index in [0.29, 0.717) is 33.8 Å². The van der Waals surface area contributed by atoms with Crippen LogP contribution in [0.3, 0.4) is 0 Å². The van der Waals surface area contributed by atoms with Crippen molar-refractivity contribution in [2.24, 2.45) is 0 Å². The molecule has 1 aliphatic heterocycles. The number of amides is 1. The van der Waals surface area contributed by atoms with Crippen LogP contribution in [-0.4, -0.2) is 27.7 Å². The quantitative estimate of drug-likeness (QED) is 0.472. The van der Waals surface area contributed by atoms with E-state index < -0.39 is 10.0 Å². The maximum absolute atomic E-state index is 12.6. The van der Waals surface area contributed by atoms with Crippen molar-refractivity contribution in [1.82, 2.24) is 5.32 Å². The second-order valence-electron chi connectivity index (χ2n) is 6.99. The van der Waals surface area contributed by atoms with Crippen molar-refractivity contribution in [3.8, 4) is 17.2 Å². The first-order valence-electron chi connectivity index (χ1n) is 9.65. The molecular formula is C22H18Cl2N2O6S. The second-order valence-corrected chi connectivity index (χ2v) is 9.54. The van der Waals surface area contributed by atoms with Gasteiger partial charge in [0.15, 0.2) is 18.1 Å². The standard InChI is InChI=1S/C22H18Cl2N2O6S/c23-15-8-16(24)10-17(9-15)26-33(28,29)19-4-2-18(3-5-19)30-12-22(27)25-11-14-1-6-20-21(7-14)32-13-31-20/h1-10,26H,11-13H2,(H,25,27). The fraction of sp³-hybridized carbons (Fsp3) is 0.136. The van der Waals surface area contributed by atoms with E-state index in [1.54, 1.807) is 12.1 Å². The van der Waals surface area contributed by atoms with Gasteiger partial charge in [-0.3, -0.25) is 9.52 Å². The van der Waals surface area contributed by atoms with Gasteiger partial charge in [0, 0.05) is 16.6 Å². The Balaban J connectivity index is 1.29. The lowest BCUT2D eigenvalue weighted by atomic mass is 10.2. The van der Waals surface area contributed by atoms with Gasteiger partial charge in [-0.1, -0.05) is 29.3 Å². The largest absolute Gasteiger partial charge is 0.484 e. The molecule has 0 radical (unpaired) electrons. The Labute approximate surface area is 200 Å². The van der Waals surface area contributed by atoms with Gasteiger partial charge in [0.25, 0.3) is 15.9 Å². The lowest BCUT2D eigenvalue weighted by molar-refractivity contribution is -0.123. The molecule has 3 aromatic carbocycles. The molecule has 1 aliphatic rings. The number of carbonyl (C=O) groups excluding carboxylic acids is 1. The summed E-state index contributed by atoms with van der Waals surface area (Å²) in [6, 6.07) is 15.5. The maximum Gasteiger partial charge on any atom is 0.261 e. The van der Waals surface area contributed by atoms with Gasteiger partial charge in [0.1, 0.15) is 5.75 Å². The van der Waals surface area contributed by atoms with E-state index >= 15 is 0 Å². The minimum absolute atomic E-state index is 0.0122. The van der Waals surface area contributed by atoms with Crippen LogP contribution >= 0.6 is 23.2 Å². The summed E-state index contributed by atoms with van der Waals surface area (Å²) in [4.78, 5) is 12.1. The molecule has 1 amide bonds. The number of anilines is 1. The molecular weight excluding hydrogens is 491 g/mol. The zero-order valence-corrected chi connectivity index (χ0v) is 19.3. The number of sulfonamides is 1. The van der Waals surface area contributed by atoms with E-state index in [0.717, 1.165) is 5.56 Å². The molecule has 0 aromatic heterocycles. The highest BCUT2D eigenvalue weighted by atomic mass is 35.5. The normalized spacial score (nSPS) is 12.3. The Morgan fingerprint density at radius 2 is 1.64 bits per heavy atom. The van der Waals surface area contributed by atoms with Crippen molar-refractivity contribution in [3.63, 3.8) is 0 Å². The summed E-state index contributed by atoms with van der Waals surface area (Å²) in [5.74, 6) is 1.33. The van der Waals surface area contributed by atoms with Gasteiger partial charge < -0.3 is 19.5 Å². The Bertz CT molecular complexity index is 1260. The molecule has 2 N–H and O–H groups in total. The van der Waals surface area contributed by atoms with Crippen LogP contribution in [0.1, 0.15) is 5.56 Å². The molecule has 0 saturated heterocycles. The zero-order chi connectivity index (χ0) is 23.4. The van der Waals surface area contributed by atoms with Crippen molar-refractivity contribution in [3.05, 3.63) is 76.3 Å². The first-order chi connectivity index (χ1) is 15.8. The molecule has 0 unspecified atom stereocenters. The smallest absolute Gasteiger partial charge is 0.261 e. The first kappa shape index (κ1) is 23.0. The molecule has 0 spiro atoms. The summed E-state index contributed by atoms with van der Waals surface area (Å²) in [5, 5.41) is 3.36. The Hall–Kier alpha value is -3.14. The van der Waals surface area contributed by atoms with E-state index in [-0.39, 0.29) is 29.9 Å². The van der Waals surface area contributed by atoms with Gasteiger partial charge >= 0.3 is 0 Å². The molecule has 0 aliphatic carbocycles. The number of rotatable bonds is 8. The number of ether oxygens (including phenoxy) is 3. The lowest BCUT2D eigenvalue weighted by Gasteiger charge is -2.11. The van der Waals surface area contributed by atoms with Gasteiger partial charge in [0.2, 0.25) is 6.79 Å². The fourth-order valence-corrected chi connectivity index (χ4v) is 4.56. The van der Waals surface area contributed by atoms with E-state index in [9.17, 15) is 13.2 Å². The van der Waals surface area contributed by atoms with Crippen LogP contribution in [0.5, 0.6) is 17.2 Å². The SMILES string of the molecule is O=C(COc1ccc(S(=O)(=O)Nc2cc(Cl)cc(Cl)c2)cc1)NCc1ccc2c(c1)OCO2. The number of hydrogen-bond donors (Lipinski definition) is 2. The number of nitrogens with one attached hydrogen (secondary N) is 2. The molecule has 1 heterocycles. The summed E-state index contributed by atoms with van der Waals surface area (Å²) in [7, 11) is -3.86. The van der Waals surface area contributed by atoms with Gasteiger partial charge in [-0.2, -0.15) is 0 Å². The van der Waals surface area contributed by atoms with Crippen LogP contribution in [0.15, 0.2) is 65.6 Å². The van der Waals surface area contributed by atoms with Crippen LogP contribution in [0.2, 0.25) is 10.0 Å². The number of hydrogen-bond acceptors (Lipinski definition) is 6. The highest BCUT2D eigenvalue weighted by Crippen LogP contribution is 2.32. The average molecular weight is 509 g/mol. The van der Waals surface area contributed by atoms with Crippen molar-refractivity contribution < 1.29 is 27.4 Å². The number of carbonyl (C=O) groups is 1. The lowest BCUT2D eigenvalue weighted by Crippen LogP contribution is -2.28. The third-order valence-corrected chi connectivity index (χ3v) is 6.38. The number of benzene rings is 3. The van der Waals surface area contributed by atoms with Gasteiger partial charge in [0.05, 0.1) is 10.6 Å². The molecule has 0 fully saturated rings. The molecule has 4 rings (SSSR count). The average Bonchev–Trinajstić information content (AvgIpc) is 3.23. The highest BCUT2D eigenvalue weighted by molar-refractivity contribution is 7.92. The Morgan fingerprint density at radius 1 is 0.939 bits per heavy atom. The molecule has 11 heteroatoms. The Kier molecular flexibility index (Phi) is 6.83. The molecule has 0 saturated carbocycles. The third kappa shape index (κ3) is 6.01. The van der Waals surface area contributed by atoms with Crippen LogP contribution < -0.4 is 24.2 Å². The summed E-state index contributed by atoms with van der Waals surface area (Å²) >= 11 is 11.8. The second kappa shape index (κ2) is 9.78. The van der Waals surface area contributed by atoms with E-state index in [1.807, 2.05) is 6.07 Å². The van der Waals surface area contributed by atoms with Crippen molar-refractivity contribution in [1.29, 1.82) is 0 Å². The first-order valence-corrected chi connectivity index (χ1v) is 11.9. The van der Waals surface area contributed by atoms with E-state index in [1.165, 1.54) is 42.5 Å². The van der Waals surface area contributed by atoms with Gasteiger partial charge in [-0.15, -0.1) is 0 Å². The minimum Gasteiger partial charge on any atom is -0.484 e. The van der Waals surface area contributed by atoms with Crippen LogP contribution in [0.25, 0.3) is 0 Å². The summed E-state index contributed by atoms with van der Waals surface area (Å²) in [6.45, 7) is 0.259. The van der Waals surface area contributed by atoms with Crippen LogP contribution in [0.4, 0.5) is 5.69 Å². The summed E-state index contributed by atoms with van der Waals surface area (Å²) < 4.78 is 43.6. The third-order valence-electron chi connectivity index (χ3n) is 4.55. The monoisotopic (exact) mass is 508 g/mol. The van der Waals surface area contributed by atoms with E-state index in [2.05, 4.69) is 10.0 Å². The molecule has 0 bridgehead atoms. The molecule has 0 atom stereocenters. The predicted molar refractivity (Wildman–Crippen MR) is 124 cm³/mol. The predicted octanol–water partition coefficient (Wildman–Crippen LogP) is 4.22. The van der Waals surface area contributed by atoms with Gasteiger partial charge in [-0.05, 0) is 60.2 Å². The fourth-order valence-electron chi connectivity index (χ4n) is 2.99. The van der Waals surface area contributed by atoms with Crippen molar-refractivity contribution in [2.75, 3.05) is 18.1 Å². The zero-order valence-electron chi connectivity index (χ0n) is 17.0. The number of halogens is 2. The Morgan fingerprint density at radius 3 is 2.36 bits per heavy atom. The molecule has 3 aromatic rings. The van der Waals surface area contributed by atoms with Gasteiger partial charge in [-0.25, -0.2) is 8.42 Å². The number of fused-ring (bicyclic) bond motifs is 1. The molecule has 172 valence electrons. The van der Waals surface area contributed by atoms with E-state index in [4.69, 9.17) is 37.4 Å². The van der Waals surface area contributed by atoms with Crippen molar-refractivity contribution >= 4 is 44.8 Å². The van der Waals surface area contributed by atoms with Crippen molar-refractivity contribution in [2.45, 2.75) is 11.4 Å². The van der Waals surface area contributed by atoms with Crippen LogP contribution in [0, 0.1) is 0 Å². The minimum atomic E-state index is -3.86. The summed E-state index contributed by atoms with van der Waals surface area (Å²) in [5.41, 5.74) is 1.10. The van der Waals surface area contributed by atoms with Crippen LogP contribution in [-0.2, 0) is 21.4 Å².